The quantitative estimate of drug-likeness (QED) is 0.147. The number of hydrogen-bond acceptors (Lipinski definition) is 6. The van der Waals surface area contributed by atoms with E-state index in [1.807, 2.05) is 84.9 Å². The lowest BCUT2D eigenvalue weighted by molar-refractivity contribution is 0.669. The molecule has 2 heterocycles. The van der Waals surface area contributed by atoms with Crippen LogP contribution < -0.4 is 9.80 Å². The average molecular weight is 734 g/mol. The molecule has 0 aliphatic rings. The van der Waals surface area contributed by atoms with Gasteiger partial charge in [0.25, 0.3) is 0 Å². The zero-order valence-electron chi connectivity index (χ0n) is 30.9. The molecular formula is C51H35N5O. The summed E-state index contributed by atoms with van der Waals surface area (Å²) < 4.78 is 6.52. The van der Waals surface area contributed by atoms with Crippen molar-refractivity contribution in [1.82, 2.24) is 15.0 Å². The number of benzene rings is 8. The van der Waals surface area contributed by atoms with Crippen molar-refractivity contribution in [3.05, 3.63) is 212 Å². The van der Waals surface area contributed by atoms with Crippen molar-refractivity contribution in [3.8, 4) is 34.2 Å². The smallest absolute Gasteiger partial charge is 0.164 e. The molecule has 0 spiro atoms. The summed E-state index contributed by atoms with van der Waals surface area (Å²) in [5.74, 6) is 1.83. The summed E-state index contributed by atoms with van der Waals surface area (Å²) in [7, 11) is 0. The number of furan rings is 1. The van der Waals surface area contributed by atoms with Gasteiger partial charge in [-0.1, -0.05) is 121 Å². The van der Waals surface area contributed by atoms with Crippen molar-refractivity contribution in [2.45, 2.75) is 0 Å². The Morgan fingerprint density at radius 3 is 1.14 bits per heavy atom. The normalized spacial score (nSPS) is 11.2. The number of hydrogen-bond donors (Lipinski definition) is 0. The molecule has 6 nitrogen and oxygen atoms in total. The molecule has 10 rings (SSSR count). The molecule has 57 heavy (non-hydrogen) atoms. The molecule has 2 aromatic heterocycles. The lowest BCUT2D eigenvalue weighted by Gasteiger charge is -2.28. The molecular weight excluding hydrogens is 699 g/mol. The average Bonchev–Trinajstić information content (AvgIpc) is 3.66. The first-order valence-electron chi connectivity index (χ1n) is 18.9. The predicted molar refractivity (Wildman–Crippen MR) is 233 cm³/mol. The highest BCUT2D eigenvalue weighted by Gasteiger charge is 2.19. The van der Waals surface area contributed by atoms with Crippen molar-refractivity contribution in [2.24, 2.45) is 0 Å². The van der Waals surface area contributed by atoms with E-state index in [1.165, 1.54) is 0 Å². The van der Waals surface area contributed by atoms with Gasteiger partial charge in [0.2, 0.25) is 0 Å². The van der Waals surface area contributed by atoms with Crippen molar-refractivity contribution in [2.75, 3.05) is 9.80 Å². The Bertz CT molecular complexity index is 2840. The summed E-state index contributed by atoms with van der Waals surface area (Å²) in [5.41, 5.74) is 10.7. The van der Waals surface area contributed by atoms with E-state index in [0.717, 1.165) is 72.8 Å². The Hall–Kier alpha value is -7.83. The second kappa shape index (κ2) is 14.8. The molecule has 6 heteroatoms. The van der Waals surface area contributed by atoms with Gasteiger partial charge in [-0.3, -0.25) is 0 Å². The number of rotatable bonds is 9. The summed E-state index contributed by atoms with van der Waals surface area (Å²) >= 11 is 0. The minimum absolute atomic E-state index is 0.586. The molecule has 0 saturated heterocycles. The molecule has 0 N–H and O–H groups in total. The predicted octanol–water partition coefficient (Wildman–Crippen LogP) is 13.7. The largest absolute Gasteiger partial charge is 0.456 e. The van der Waals surface area contributed by atoms with Crippen LogP contribution in [-0.2, 0) is 0 Å². The fourth-order valence-electron chi connectivity index (χ4n) is 7.36. The van der Waals surface area contributed by atoms with E-state index in [9.17, 15) is 0 Å². The van der Waals surface area contributed by atoms with Gasteiger partial charge in [-0.25, -0.2) is 15.0 Å². The first-order chi connectivity index (χ1) is 28.2. The zero-order chi connectivity index (χ0) is 38.0. The number of para-hydroxylation sites is 3. The minimum Gasteiger partial charge on any atom is -0.456 e. The van der Waals surface area contributed by atoms with Crippen molar-refractivity contribution in [3.63, 3.8) is 0 Å². The van der Waals surface area contributed by atoms with Crippen molar-refractivity contribution in [1.29, 1.82) is 0 Å². The fraction of sp³-hybridized carbons (Fsp3) is 0. The van der Waals surface area contributed by atoms with Crippen LogP contribution in [0.2, 0.25) is 0 Å². The minimum atomic E-state index is 0.586. The summed E-state index contributed by atoms with van der Waals surface area (Å²) in [4.78, 5) is 19.3. The Morgan fingerprint density at radius 1 is 0.281 bits per heavy atom. The second-order valence-corrected chi connectivity index (χ2v) is 13.7. The molecule has 0 atom stereocenters. The van der Waals surface area contributed by atoms with E-state index in [1.54, 1.807) is 0 Å². The highest BCUT2D eigenvalue weighted by molar-refractivity contribution is 6.07. The van der Waals surface area contributed by atoms with Crippen LogP contribution in [0, 0.1) is 0 Å². The van der Waals surface area contributed by atoms with Gasteiger partial charge >= 0.3 is 0 Å². The number of fused-ring (bicyclic) bond motifs is 3. The standard InChI is InChI=1S/C51H35N5O/c1-6-16-36(17-7-1)49-52-50(37-18-8-2-9-19-37)54-51(53-49)38-26-32-45-46-35-44(31-33-47(46)57-48(45)34-38)56(41-24-14-5-15-25-41)43-29-27-42(28-30-43)55(39-20-10-3-11-21-39)40-22-12-4-13-23-40/h1-35H. The van der Waals surface area contributed by atoms with Gasteiger partial charge in [-0.05, 0) is 91.0 Å². The van der Waals surface area contributed by atoms with Crippen LogP contribution in [0.1, 0.15) is 0 Å². The van der Waals surface area contributed by atoms with Gasteiger partial charge in [-0.15, -0.1) is 0 Å². The summed E-state index contributed by atoms with van der Waals surface area (Å²) in [6.07, 6.45) is 0. The molecule has 0 unspecified atom stereocenters. The van der Waals surface area contributed by atoms with E-state index in [-0.39, 0.29) is 0 Å². The highest BCUT2D eigenvalue weighted by atomic mass is 16.3. The lowest BCUT2D eigenvalue weighted by Crippen LogP contribution is -2.12. The molecule has 0 saturated carbocycles. The SMILES string of the molecule is c1ccc(-c2nc(-c3ccccc3)nc(-c3ccc4c(c3)oc3ccc(N(c5ccccc5)c5ccc(N(c6ccccc6)c6ccccc6)cc5)cc34)n2)cc1. The van der Waals surface area contributed by atoms with E-state index in [0.29, 0.717) is 17.5 Å². The maximum Gasteiger partial charge on any atom is 0.164 e. The third-order valence-corrected chi connectivity index (χ3v) is 10.1. The fourth-order valence-corrected chi connectivity index (χ4v) is 7.36. The van der Waals surface area contributed by atoms with E-state index in [4.69, 9.17) is 19.4 Å². The molecule has 0 radical (unpaired) electrons. The van der Waals surface area contributed by atoms with Crippen LogP contribution >= 0.6 is 0 Å². The molecule has 8 aromatic carbocycles. The van der Waals surface area contributed by atoms with Crippen LogP contribution in [0.25, 0.3) is 56.1 Å². The summed E-state index contributed by atoms with van der Waals surface area (Å²) in [5, 5.41) is 2.04. The van der Waals surface area contributed by atoms with Crippen molar-refractivity contribution < 1.29 is 4.42 Å². The number of aromatic nitrogens is 3. The van der Waals surface area contributed by atoms with Gasteiger partial charge in [-0.2, -0.15) is 0 Å². The summed E-state index contributed by atoms with van der Waals surface area (Å²) in [6.45, 7) is 0. The zero-order valence-corrected chi connectivity index (χ0v) is 30.9. The monoisotopic (exact) mass is 733 g/mol. The van der Waals surface area contributed by atoms with E-state index in [2.05, 4.69) is 137 Å². The lowest BCUT2D eigenvalue weighted by atomic mass is 10.1. The van der Waals surface area contributed by atoms with Gasteiger partial charge in [0.15, 0.2) is 17.5 Å². The van der Waals surface area contributed by atoms with Crippen molar-refractivity contribution >= 4 is 56.1 Å². The third-order valence-electron chi connectivity index (χ3n) is 10.1. The Balaban J connectivity index is 1.04. The molecule has 0 amide bonds. The van der Waals surface area contributed by atoms with Crippen LogP contribution in [0.5, 0.6) is 0 Å². The van der Waals surface area contributed by atoms with E-state index < -0.39 is 0 Å². The molecule has 10 aromatic rings. The van der Waals surface area contributed by atoms with Crippen LogP contribution in [0.3, 0.4) is 0 Å². The third kappa shape index (κ3) is 6.66. The topological polar surface area (TPSA) is 58.3 Å². The van der Waals surface area contributed by atoms with Gasteiger partial charge in [0, 0.05) is 61.6 Å². The number of anilines is 6. The van der Waals surface area contributed by atoms with Crippen LogP contribution in [0.4, 0.5) is 34.1 Å². The molecule has 0 bridgehead atoms. The molecule has 0 aliphatic carbocycles. The van der Waals surface area contributed by atoms with Gasteiger partial charge in [0.05, 0.1) is 0 Å². The molecule has 0 aliphatic heterocycles. The first kappa shape index (κ1) is 33.7. The van der Waals surface area contributed by atoms with E-state index >= 15 is 0 Å². The van der Waals surface area contributed by atoms with Crippen LogP contribution in [-0.4, -0.2) is 15.0 Å². The summed E-state index contributed by atoms with van der Waals surface area (Å²) in [6, 6.07) is 72.8. The Morgan fingerprint density at radius 2 is 0.667 bits per heavy atom. The Kier molecular flexibility index (Phi) is 8.74. The molecule has 270 valence electrons. The maximum atomic E-state index is 6.52. The van der Waals surface area contributed by atoms with Gasteiger partial charge < -0.3 is 14.2 Å². The second-order valence-electron chi connectivity index (χ2n) is 13.7. The maximum absolute atomic E-state index is 6.52. The van der Waals surface area contributed by atoms with Crippen LogP contribution in [0.15, 0.2) is 217 Å². The Labute approximate surface area is 330 Å². The first-order valence-corrected chi connectivity index (χ1v) is 18.9. The highest BCUT2D eigenvalue weighted by Crippen LogP contribution is 2.41. The molecule has 0 fully saturated rings. The number of nitrogens with zero attached hydrogens (tertiary/aromatic N) is 5. The van der Waals surface area contributed by atoms with Gasteiger partial charge in [0.1, 0.15) is 11.2 Å².